The Bertz CT molecular complexity index is 188. The molecule has 1 rings (SSSR count). The molecule has 0 radical (unpaired) electrons. The van der Waals surface area contributed by atoms with E-state index < -0.39 is 0 Å². The Kier molecular flexibility index (Phi) is 9.04. The number of phenolic OH excluding ortho intramolecular Hbond substituents is 1. The van der Waals surface area contributed by atoms with Crippen LogP contribution in [0.1, 0.15) is 5.56 Å². The van der Waals surface area contributed by atoms with Crippen molar-refractivity contribution in [3.8, 4) is 5.75 Å². The number of aromatic hydroxyl groups is 1. The number of benzene rings is 1. The van der Waals surface area contributed by atoms with E-state index in [0.717, 1.165) is 5.56 Å². The predicted molar refractivity (Wildman–Crippen MR) is 66.8 cm³/mol. The van der Waals surface area contributed by atoms with Crippen LogP contribution in [0.5, 0.6) is 5.75 Å². The number of phenols is 1. The van der Waals surface area contributed by atoms with Gasteiger partial charge < -0.3 is 10.8 Å². The molecule has 0 unspecified atom stereocenters. The fraction of sp³-hybridized carbons (Fsp3) is 0.143. The first-order valence-electron chi connectivity index (χ1n) is 2.81. The van der Waals surface area contributed by atoms with Gasteiger partial charge in [0.15, 0.2) is 0 Å². The lowest BCUT2D eigenvalue weighted by molar-refractivity contribution is 0.475. The van der Waals surface area contributed by atoms with Gasteiger partial charge >= 0.3 is 0 Å². The lowest BCUT2D eigenvalue weighted by atomic mass is 10.2. The van der Waals surface area contributed by atoms with Crippen molar-refractivity contribution in [1.29, 1.82) is 0 Å². The quantitative estimate of drug-likeness (QED) is 0.735. The summed E-state index contributed by atoms with van der Waals surface area (Å²) in [6.07, 6.45) is 0. The maximum absolute atomic E-state index is 8.81. The van der Waals surface area contributed by atoms with Gasteiger partial charge in [-0.05, 0) is 17.7 Å². The first-order chi connectivity index (χ1) is 4.33. The Balaban J connectivity index is 0. The average molecular weight is 379 g/mol. The highest BCUT2D eigenvalue weighted by Crippen LogP contribution is 2.08. The molecule has 3 N–H and O–H groups in total. The number of rotatable bonds is 1. The molecular weight excluding hydrogens is 368 g/mol. The first kappa shape index (κ1) is 14.0. The van der Waals surface area contributed by atoms with E-state index in [0.29, 0.717) is 6.54 Å². The minimum absolute atomic E-state index is 0. The molecule has 0 saturated heterocycles. The smallest absolute Gasteiger partial charge is 0.115 e. The first-order valence-corrected chi connectivity index (χ1v) is 2.81. The van der Waals surface area contributed by atoms with Crippen LogP contribution in [0.15, 0.2) is 24.3 Å². The Labute approximate surface area is 100 Å². The number of nitrogens with two attached hydrogens (primary N) is 1. The summed E-state index contributed by atoms with van der Waals surface area (Å²) in [7, 11) is 0. The fourth-order valence-electron chi connectivity index (χ4n) is 0.632. The third-order valence-corrected chi connectivity index (χ3v) is 1.17. The number of hydrogen-bond acceptors (Lipinski definition) is 2. The number of halogens is 2. The summed E-state index contributed by atoms with van der Waals surface area (Å²) in [5.74, 6) is 0.284. The highest BCUT2D eigenvalue weighted by molar-refractivity contribution is 14.0. The van der Waals surface area contributed by atoms with Crippen LogP contribution in [0.3, 0.4) is 0 Å². The van der Waals surface area contributed by atoms with Crippen molar-refractivity contribution < 1.29 is 5.11 Å². The zero-order valence-corrected chi connectivity index (χ0v) is 10.5. The van der Waals surface area contributed by atoms with Crippen molar-refractivity contribution in [2.75, 3.05) is 0 Å². The van der Waals surface area contributed by atoms with Gasteiger partial charge in [-0.15, -0.1) is 48.0 Å². The predicted octanol–water partition coefficient (Wildman–Crippen LogP) is 2.09. The van der Waals surface area contributed by atoms with Gasteiger partial charge in [-0.1, -0.05) is 12.1 Å². The average Bonchev–Trinajstić information content (AvgIpc) is 1.90. The van der Waals surface area contributed by atoms with Crippen molar-refractivity contribution in [2.45, 2.75) is 6.54 Å². The van der Waals surface area contributed by atoms with Gasteiger partial charge in [-0.25, -0.2) is 0 Å². The van der Waals surface area contributed by atoms with Crippen LogP contribution in [0, 0.1) is 0 Å². The summed E-state index contributed by atoms with van der Waals surface area (Å²) in [5, 5.41) is 8.81. The summed E-state index contributed by atoms with van der Waals surface area (Å²) in [6, 6.07) is 6.86. The van der Waals surface area contributed by atoms with Crippen molar-refractivity contribution in [2.24, 2.45) is 5.73 Å². The molecule has 2 nitrogen and oxygen atoms in total. The second-order valence-electron chi connectivity index (χ2n) is 1.87. The van der Waals surface area contributed by atoms with Crippen LogP contribution in [0.4, 0.5) is 0 Å². The molecule has 0 spiro atoms. The molecule has 0 heterocycles. The van der Waals surface area contributed by atoms with Crippen LogP contribution in [0.2, 0.25) is 0 Å². The molecule has 1 aromatic carbocycles. The Hall–Kier alpha value is 0.440. The topological polar surface area (TPSA) is 46.2 Å². The summed E-state index contributed by atoms with van der Waals surface area (Å²) in [5.41, 5.74) is 6.35. The van der Waals surface area contributed by atoms with Crippen LogP contribution in [0.25, 0.3) is 0 Å². The lowest BCUT2D eigenvalue weighted by Crippen LogP contribution is -1.94. The van der Waals surface area contributed by atoms with Gasteiger partial charge in [0.05, 0.1) is 0 Å². The molecule has 64 valence electrons. The standard InChI is InChI=1S/C7H9NO.2HI/c8-5-6-1-3-7(9)4-2-6;;/h1-4,9H,5,8H2;2*1H. The van der Waals surface area contributed by atoms with Gasteiger partial charge in [0.2, 0.25) is 0 Å². The van der Waals surface area contributed by atoms with Gasteiger partial charge in [0, 0.05) is 6.54 Å². The normalized spacial score (nSPS) is 7.73. The molecule has 0 aliphatic carbocycles. The van der Waals surface area contributed by atoms with Gasteiger partial charge in [-0.3, -0.25) is 0 Å². The molecule has 0 aromatic heterocycles. The van der Waals surface area contributed by atoms with E-state index in [4.69, 9.17) is 10.8 Å². The van der Waals surface area contributed by atoms with Crippen molar-refractivity contribution >= 4 is 48.0 Å². The summed E-state index contributed by atoms with van der Waals surface area (Å²) in [4.78, 5) is 0. The Morgan fingerprint density at radius 1 is 1.09 bits per heavy atom. The minimum Gasteiger partial charge on any atom is -0.508 e. The van der Waals surface area contributed by atoms with Crippen LogP contribution >= 0.6 is 48.0 Å². The highest BCUT2D eigenvalue weighted by Gasteiger charge is 1.86. The van der Waals surface area contributed by atoms with Crippen LogP contribution < -0.4 is 5.73 Å². The maximum Gasteiger partial charge on any atom is 0.115 e. The molecule has 0 aliphatic rings. The minimum atomic E-state index is 0. The van der Waals surface area contributed by atoms with E-state index in [1.807, 2.05) is 0 Å². The van der Waals surface area contributed by atoms with E-state index in [-0.39, 0.29) is 53.7 Å². The van der Waals surface area contributed by atoms with E-state index >= 15 is 0 Å². The Morgan fingerprint density at radius 2 is 1.55 bits per heavy atom. The maximum atomic E-state index is 8.81. The monoisotopic (exact) mass is 379 g/mol. The zero-order valence-electron chi connectivity index (χ0n) is 5.86. The van der Waals surface area contributed by atoms with Crippen LogP contribution in [-0.2, 0) is 6.54 Å². The molecular formula is C7H11I2NO. The fourth-order valence-corrected chi connectivity index (χ4v) is 0.632. The van der Waals surface area contributed by atoms with E-state index in [9.17, 15) is 0 Å². The molecule has 0 bridgehead atoms. The largest absolute Gasteiger partial charge is 0.508 e. The second kappa shape index (κ2) is 7.11. The number of hydrogen-bond donors (Lipinski definition) is 2. The molecule has 0 aliphatic heterocycles. The molecule has 0 fully saturated rings. The molecule has 0 atom stereocenters. The molecule has 4 heteroatoms. The van der Waals surface area contributed by atoms with Gasteiger partial charge in [0.25, 0.3) is 0 Å². The van der Waals surface area contributed by atoms with Crippen molar-refractivity contribution in [3.05, 3.63) is 29.8 Å². The highest BCUT2D eigenvalue weighted by atomic mass is 127. The third-order valence-electron chi connectivity index (χ3n) is 1.17. The van der Waals surface area contributed by atoms with E-state index in [1.54, 1.807) is 24.3 Å². The molecule has 0 saturated carbocycles. The van der Waals surface area contributed by atoms with Crippen LogP contribution in [-0.4, -0.2) is 5.11 Å². The van der Waals surface area contributed by atoms with Gasteiger partial charge in [-0.2, -0.15) is 0 Å². The molecule has 1 aromatic rings. The van der Waals surface area contributed by atoms with Crippen molar-refractivity contribution in [3.63, 3.8) is 0 Å². The summed E-state index contributed by atoms with van der Waals surface area (Å²) < 4.78 is 0. The van der Waals surface area contributed by atoms with Crippen molar-refractivity contribution in [1.82, 2.24) is 0 Å². The zero-order chi connectivity index (χ0) is 6.69. The van der Waals surface area contributed by atoms with E-state index in [1.165, 1.54) is 0 Å². The lowest BCUT2D eigenvalue weighted by Gasteiger charge is -1.93. The Morgan fingerprint density at radius 3 is 1.91 bits per heavy atom. The SMILES string of the molecule is I.I.NCc1ccc(O)cc1. The molecule has 0 amide bonds. The van der Waals surface area contributed by atoms with E-state index in [2.05, 4.69) is 0 Å². The molecule has 11 heavy (non-hydrogen) atoms. The van der Waals surface area contributed by atoms with Gasteiger partial charge in [0.1, 0.15) is 5.75 Å². The summed E-state index contributed by atoms with van der Waals surface area (Å²) in [6.45, 7) is 0.528. The second-order valence-corrected chi connectivity index (χ2v) is 1.87. The summed E-state index contributed by atoms with van der Waals surface area (Å²) >= 11 is 0. The third kappa shape index (κ3) is 4.81.